The molecule has 178 valence electrons. The van der Waals surface area contributed by atoms with Crippen molar-refractivity contribution in [3.63, 3.8) is 0 Å². The smallest absolute Gasteiger partial charge is 0.229 e. The van der Waals surface area contributed by atoms with E-state index in [1.165, 1.54) is 0 Å². The lowest BCUT2D eigenvalue weighted by Crippen LogP contribution is -2.39. The second-order valence-corrected chi connectivity index (χ2v) is 9.75. The van der Waals surface area contributed by atoms with Crippen LogP contribution in [-0.4, -0.2) is 61.9 Å². The number of thioether (sulfide) groups is 1. The average molecular weight is 488 g/mol. The van der Waals surface area contributed by atoms with Crippen LogP contribution in [0.3, 0.4) is 0 Å². The molecule has 0 saturated heterocycles. The minimum Gasteiger partial charge on any atom is -0.497 e. The number of thiazole rings is 1. The predicted octanol–water partition coefficient (Wildman–Crippen LogP) is 5.48. The van der Waals surface area contributed by atoms with Crippen LogP contribution in [-0.2, 0) is 4.79 Å². The molecule has 0 aliphatic carbocycles. The number of ether oxygens (including phenoxy) is 2. The maximum absolute atomic E-state index is 13.3. The number of rotatable bonds is 12. The van der Waals surface area contributed by atoms with Crippen molar-refractivity contribution in [3.05, 3.63) is 42.0 Å². The fourth-order valence-corrected chi connectivity index (χ4v) is 5.49. The zero-order valence-electron chi connectivity index (χ0n) is 20.1. The first kappa shape index (κ1) is 25.3. The van der Waals surface area contributed by atoms with E-state index < -0.39 is 0 Å². The average Bonchev–Trinajstić information content (AvgIpc) is 3.28. The summed E-state index contributed by atoms with van der Waals surface area (Å²) in [5, 5.41) is 0.740. The fourth-order valence-electron chi connectivity index (χ4n) is 3.55. The molecule has 0 radical (unpaired) electrons. The minimum absolute atomic E-state index is 0.0962. The molecule has 0 fully saturated rings. The molecule has 0 saturated carbocycles. The summed E-state index contributed by atoms with van der Waals surface area (Å²) in [5.41, 5.74) is 1.96. The van der Waals surface area contributed by atoms with Crippen LogP contribution in [0.25, 0.3) is 10.2 Å². The summed E-state index contributed by atoms with van der Waals surface area (Å²) in [7, 11) is 3.32. The molecule has 0 spiro atoms. The van der Waals surface area contributed by atoms with Crippen LogP contribution in [0, 0.1) is 6.92 Å². The van der Waals surface area contributed by atoms with Crippen molar-refractivity contribution in [3.8, 4) is 11.5 Å². The number of anilines is 1. The molecular weight excluding hydrogens is 454 g/mol. The molecule has 1 heterocycles. The lowest BCUT2D eigenvalue weighted by molar-refractivity contribution is -0.118. The molecule has 1 aromatic heterocycles. The molecule has 33 heavy (non-hydrogen) atoms. The number of aryl methyl sites for hydroxylation is 1. The van der Waals surface area contributed by atoms with E-state index in [0.29, 0.717) is 18.7 Å². The van der Waals surface area contributed by atoms with Crippen molar-refractivity contribution in [2.24, 2.45) is 0 Å². The molecule has 0 aliphatic rings. The zero-order valence-corrected chi connectivity index (χ0v) is 21.7. The Morgan fingerprint density at radius 1 is 1.03 bits per heavy atom. The van der Waals surface area contributed by atoms with Crippen LogP contribution in [0.1, 0.15) is 25.8 Å². The third-order valence-corrected chi connectivity index (χ3v) is 7.85. The van der Waals surface area contributed by atoms with Crippen LogP contribution in [0.5, 0.6) is 11.5 Å². The van der Waals surface area contributed by atoms with Gasteiger partial charge in [-0.15, -0.1) is 11.8 Å². The van der Waals surface area contributed by atoms with Gasteiger partial charge in [-0.1, -0.05) is 31.3 Å². The summed E-state index contributed by atoms with van der Waals surface area (Å²) in [4.78, 5) is 23.5. The van der Waals surface area contributed by atoms with Crippen molar-refractivity contribution >= 4 is 44.4 Å². The van der Waals surface area contributed by atoms with E-state index in [-0.39, 0.29) is 5.91 Å². The summed E-state index contributed by atoms with van der Waals surface area (Å²) in [6.45, 7) is 9.71. The van der Waals surface area contributed by atoms with E-state index in [2.05, 4.69) is 25.7 Å². The number of methoxy groups -OCH3 is 2. The monoisotopic (exact) mass is 487 g/mol. The second kappa shape index (κ2) is 12.3. The van der Waals surface area contributed by atoms with Gasteiger partial charge in [-0.3, -0.25) is 9.69 Å². The maximum atomic E-state index is 13.3. The van der Waals surface area contributed by atoms with Gasteiger partial charge in [0.2, 0.25) is 5.91 Å². The summed E-state index contributed by atoms with van der Waals surface area (Å²) >= 11 is 3.24. The number of amides is 1. The molecule has 0 unspecified atom stereocenters. The van der Waals surface area contributed by atoms with Crippen LogP contribution >= 0.6 is 23.1 Å². The van der Waals surface area contributed by atoms with Gasteiger partial charge in [-0.05, 0) is 55.9 Å². The Morgan fingerprint density at radius 3 is 2.39 bits per heavy atom. The van der Waals surface area contributed by atoms with Crippen molar-refractivity contribution < 1.29 is 14.3 Å². The number of likely N-dealkylation sites (N-methyl/N-ethyl adjacent to an activating group) is 1. The lowest BCUT2D eigenvalue weighted by atomic mass is 10.2. The summed E-state index contributed by atoms with van der Waals surface area (Å²) in [6, 6.07) is 11.9. The first-order chi connectivity index (χ1) is 16.0. The molecule has 1 amide bonds. The van der Waals surface area contributed by atoms with Gasteiger partial charge in [-0.2, -0.15) is 0 Å². The summed E-state index contributed by atoms with van der Waals surface area (Å²) in [5.74, 6) is 2.38. The number of carbonyl (C=O) groups is 1. The van der Waals surface area contributed by atoms with E-state index in [1.807, 2.05) is 41.3 Å². The molecule has 0 aliphatic heterocycles. The SMILES string of the molecule is CCN(CC)CCN(C(=O)CCSc1ccc(OC)cc1)c1nc2c(OC)ccc(C)c2s1. The largest absolute Gasteiger partial charge is 0.497 e. The van der Waals surface area contributed by atoms with E-state index in [1.54, 1.807) is 37.3 Å². The molecule has 0 N–H and O–H groups in total. The molecule has 0 atom stereocenters. The highest BCUT2D eigenvalue weighted by molar-refractivity contribution is 7.99. The highest BCUT2D eigenvalue weighted by Gasteiger charge is 2.22. The minimum atomic E-state index is 0.0962. The summed E-state index contributed by atoms with van der Waals surface area (Å²) in [6.07, 6.45) is 0.445. The first-order valence-electron chi connectivity index (χ1n) is 11.2. The predicted molar refractivity (Wildman–Crippen MR) is 139 cm³/mol. The fraction of sp³-hybridized carbons (Fsp3) is 0.440. The number of benzene rings is 2. The zero-order chi connectivity index (χ0) is 23.8. The number of hydrogen-bond donors (Lipinski definition) is 0. The van der Waals surface area contributed by atoms with Gasteiger partial charge in [0.15, 0.2) is 5.13 Å². The molecule has 3 aromatic rings. The third kappa shape index (κ3) is 6.40. The number of fused-ring (bicyclic) bond motifs is 1. The second-order valence-electron chi connectivity index (χ2n) is 7.61. The molecule has 6 nitrogen and oxygen atoms in total. The molecule has 2 aromatic carbocycles. The van der Waals surface area contributed by atoms with Crippen molar-refractivity contribution in [2.75, 3.05) is 51.1 Å². The number of aromatic nitrogens is 1. The topological polar surface area (TPSA) is 54.9 Å². The Kier molecular flexibility index (Phi) is 9.41. The van der Waals surface area contributed by atoms with Gasteiger partial charge >= 0.3 is 0 Å². The lowest BCUT2D eigenvalue weighted by Gasteiger charge is -2.24. The van der Waals surface area contributed by atoms with Crippen molar-refractivity contribution in [1.29, 1.82) is 0 Å². The Labute approximate surface area is 204 Å². The van der Waals surface area contributed by atoms with E-state index in [9.17, 15) is 4.79 Å². The highest BCUT2D eigenvalue weighted by Crippen LogP contribution is 2.36. The van der Waals surface area contributed by atoms with Crippen molar-refractivity contribution in [1.82, 2.24) is 9.88 Å². The van der Waals surface area contributed by atoms with Gasteiger partial charge in [0.25, 0.3) is 0 Å². The Morgan fingerprint density at radius 2 is 1.76 bits per heavy atom. The Hall–Kier alpha value is -2.29. The number of hydrogen-bond acceptors (Lipinski definition) is 7. The number of nitrogens with zero attached hydrogens (tertiary/aromatic N) is 3. The normalized spacial score (nSPS) is 11.2. The summed E-state index contributed by atoms with van der Waals surface area (Å²) < 4.78 is 11.8. The van der Waals surface area contributed by atoms with Crippen LogP contribution in [0.2, 0.25) is 0 Å². The van der Waals surface area contributed by atoms with Crippen LogP contribution in [0.15, 0.2) is 41.3 Å². The molecule has 3 rings (SSSR count). The van der Waals surface area contributed by atoms with E-state index in [0.717, 1.165) is 56.9 Å². The highest BCUT2D eigenvalue weighted by atomic mass is 32.2. The maximum Gasteiger partial charge on any atom is 0.229 e. The third-order valence-electron chi connectivity index (χ3n) is 5.62. The standard InChI is InChI=1S/C25H33N3O3S2/c1-6-27(7-2)15-16-28(22(29)14-17-32-20-11-9-19(30-4)10-12-20)25-26-23-21(31-5)13-8-18(3)24(23)33-25/h8-13H,6-7,14-17H2,1-5H3. The molecule has 0 bridgehead atoms. The van der Waals surface area contributed by atoms with Gasteiger partial charge < -0.3 is 14.4 Å². The van der Waals surface area contributed by atoms with Crippen molar-refractivity contribution in [2.45, 2.75) is 32.1 Å². The van der Waals surface area contributed by atoms with Gasteiger partial charge in [0.05, 0.1) is 18.9 Å². The number of carbonyl (C=O) groups excluding carboxylic acids is 1. The van der Waals surface area contributed by atoms with Crippen LogP contribution < -0.4 is 14.4 Å². The molecule has 8 heteroatoms. The van der Waals surface area contributed by atoms with Gasteiger partial charge in [0.1, 0.15) is 17.0 Å². The Bertz CT molecular complexity index is 1050. The van der Waals surface area contributed by atoms with Gasteiger partial charge in [-0.25, -0.2) is 4.98 Å². The molecular formula is C25H33N3O3S2. The first-order valence-corrected chi connectivity index (χ1v) is 13.0. The van der Waals surface area contributed by atoms with E-state index >= 15 is 0 Å². The van der Waals surface area contributed by atoms with Gasteiger partial charge in [0, 0.05) is 30.2 Å². The quantitative estimate of drug-likeness (QED) is 0.315. The van der Waals surface area contributed by atoms with Crippen LogP contribution in [0.4, 0.5) is 5.13 Å². The van der Waals surface area contributed by atoms with E-state index in [4.69, 9.17) is 14.5 Å². The Balaban J connectivity index is 1.77.